The van der Waals surface area contributed by atoms with Crippen LogP contribution >= 0.6 is 24.0 Å². The molecule has 0 amide bonds. The quantitative estimate of drug-likeness (QED) is 0.320. The van der Waals surface area contributed by atoms with Gasteiger partial charge in [0.15, 0.2) is 5.96 Å². The molecule has 0 radical (unpaired) electrons. The van der Waals surface area contributed by atoms with Gasteiger partial charge in [0.05, 0.1) is 6.04 Å². The highest BCUT2D eigenvalue weighted by molar-refractivity contribution is 14.0. The van der Waals surface area contributed by atoms with Crippen LogP contribution in [0.5, 0.6) is 5.75 Å². The van der Waals surface area contributed by atoms with Gasteiger partial charge in [-0.1, -0.05) is 25.1 Å². The van der Waals surface area contributed by atoms with Gasteiger partial charge in [0.1, 0.15) is 11.4 Å². The van der Waals surface area contributed by atoms with E-state index >= 15 is 0 Å². The number of hydrogen-bond donors (Lipinski definition) is 2. The summed E-state index contributed by atoms with van der Waals surface area (Å²) in [5.74, 6) is 2.69. The number of nitrogens with zero attached hydrogens (tertiary/aromatic N) is 2. The molecule has 0 aromatic heterocycles. The van der Waals surface area contributed by atoms with Gasteiger partial charge >= 0.3 is 0 Å². The van der Waals surface area contributed by atoms with Crippen molar-refractivity contribution >= 4 is 29.9 Å². The Bertz CT molecular complexity index is 704. The van der Waals surface area contributed by atoms with Crippen LogP contribution in [0.3, 0.4) is 0 Å². The first-order chi connectivity index (χ1) is 14.2. The lowest BCUT2D eigenvalue weighted by Crippen LogP contribution is -2.46. The van der Waals surface area contributed by atoms with Gasteiger partial charge in [0, 0.05) is 31.6 Å². The van der Waals surface area contributed by atoms with Crippen molar-refractivity contribution in [2.24, 2.45) is 10.9 Å². The summed E-state index contributed by atoms with van der Waals surface area (Å²) in [6.45, 7) is 9.85. The van der Waals surface area contributed by atoms with Crippen LogP contribution < -0.4 is 15.4 Å². The summed E-state index contributed by atoms with van der Waals surface area (Å²) in [5, 5.41) is 7.25. The molecule has 5 nitrogen and oxygen atoms in total. The van der Waals surface area contributed by atoms with E-state index in [1.807, 2.05) is 0 Å². The Hall–Kier alpha value is -1.02. The maximum absolute atomic E-state index is 6.52. The summed E-state index contributed by atoms with van der Waals surface area (Å²) in [7, 11) is 0. The number of fused-ring (bicyclic) bond motifs is 1. The molecule has 1 spiro atoms. The van der Waals surface area contributed by atoms with Gasteiger partial charge in [-0.25, -0.2) is 0 Å². The largest absolute Gasteiger partial charge is 0.487 e. The van der Waals surface area contributed by atoms with Crippen molar-refractivity contribution in [1.82, 2.24) is 15.5 Å². The number of aliphatic imine (C=N–C) groups is 1. The van der Waals surface area contributed by atoms with Crippen LogP contribution in [0.2, 0.25) is 0 Å². The Labute approximate surface area is 199 Å². The van der Waals surface area contributed by atoms with Gasteiger partial charge in [0.2, 0.25) is 0 Å². The third-order valence-corrected chi connectivity index (χ3v) is 6.78. The highest BCUT2D eigenvalue weighted by Gasteiger charge is 2.43. The normalized spacial score (nSPS) is 25.5. The second-order valence-electron chi connectivity index (χ2n) is 9.11. The molecule has 1 aromatic carbocycles. The van der Waals surface area contributed by atoms with Crippen molar-refractivity contribution in [3.8, 4) is 5.75 Å². The Morgan fingerprint density at radius 1 is 1.23 bits per heavy atom. The van der Waals surface area contributed by atoms with Gasteiger partial charge in [0.25, 0.3) is 0 Å². The fraction of sp³-hybridized carbons (Fsp3) is 0.708. The van der Waals surface area contributed by atoms with Crippen molar-refractivity contribution in [2.75, 3.05) is 32.7 Å². The van der Waals surface area contributed by atoms with Crippen molar-refractivity contribution in [3.63, 3.8) is 0 Å². The zero-order chi connectivity index (χ0) is 20.1. The molecule has 2 aliphatic heterocycles. The SMILES string of the molecule is CCCN1CCC(CN=C(NCC)NC2CC3(CCCC3)Oc3ccccc32)C1.I. The summed E-state index contributed by atoms with van der Waals surface area (Å²) in [4.78, 5) is 7.58. The minimum Gasteiger partial charge on any atom is -0.487 e. The molecule has 30 heavy (non-hydrogen) atoms. The molecule has 2 atom stereocenters. The third-order valence-electron chi connectivity index (χ3n) is 6.78. The van der Waals surface area contributed by atoms with Crippen LogP contribution in [0, 0.1) is 5.92 Å². The average molecular weight is 527 g/mol. The van der Waals surface area contributed by atoms with Crippen LogP contribution in [0.4, 0.5) is 0 Å². The smallest absolute Gasteiger partial charge is 0.191 e. The van der Waals surface area contributed by atoms with Gasteiger partial charge in [-0.3, -0.25) is 4.99 Å². The van der Waals surface area contributed by atoms with E-state index in [0.717, 1.165) is 31.2 Å². The highest BCUT2D eigenvalue weighted by atomic mass is 127. The van der Waals surface area contributed by atoms with Gasteiger partial charge in [-0.2, -0.15) is 0 Å². The summed E-state index contributed by atoms with van der Waals surface area (Å²) >= 11 is 0. The summed E-state index contributed by atoms with van der Waals surface area (Å²) in [6, 6.07) is 8.81. The van der Waals surface area contributed by atoms with Gasteiger partial charge in [-0.05, 0) is 70.5 Å². The van der Waals surface area contributed by atoms with E-state index in [1.54, 1.807) is 0 Å². The molecule has 0 bridgehead atoms. The maximum atomic E-state index is 6.52. The molecule has 2 fully saturated rings. The topological polar surface area (TPSA) is 48.9 Å². The van der Waals surface area contributed by atoms with Crippen molar-refractivity contribution in [1.29, 1.82) is 0 Å². The zero-order valence-corrected chi connectivity index (χ0v) is 21.0. The molecule has 2 N–H and O–H groups in total. The number of rotatable bonds is 6. The van der Waals surface area contributed by atoms with Crippen molar-refractivity contribution in [3.05, 3.63) is 29.8 Å². The third kappa shape index (κ3) is 5.61. The minimum absolute atomic E-state index is 0. The van der Waals surface area contributed by atoms with E-state index in [1.165, 1.54) is 63.7 Å². The van der Waals surface area contributed by atoms with E-state index in [9.17, 15) is 0 Å². The lowest BCUT2D eigenvalue weighted by molar-refractivity contribution is 0.0396. The van der Waals surface area contributed by atoms with Crippen LogP contribution in [0.15, 0.2) is 29.3 Å². The molecule has 2 heterocycles. The van der Waals surface area contributed by atoms with Crippen molar-refractivity contribution < 1.29 is 4.74 Å². The molecule has 1 aromatic rings. The average Bonchev–Trinajstić information content (AvgIpc) is 3.36. The fourth-order valence-electron chi connectivity index (χ4n) is 5.36. The number of hydrogen-bond acceptors (Lipinski definition) is 3. The summed E-state index contributed by atoms with van der Waals surface area (Å²) < 4.78 is 6.52. The maximum Gasteiger partial charge on any atom is 0.191 e. The molecule has 6 heteroatoms. The van der Waals surface area contributed by atoms with Gasteiger partial charge < -0.3 is 20.3 Å². The summed E-state index contributed by atoms with van der Waals surface area (Å²) in [6.07, 6.45) is 8.43. The number of likely N-dealkylation sites (tertiary alicyclic amines) is 1. The predicted octanol–water partition coefficient (Wildman–Crippen LogP) is 4.73. The number of benzene rings is 1. The molecular formula is C24H39IN4O. The number of para-hydroxylation sites is 1. The predicted molar refractivity (Wildman–Crippen MR) is 135 cm³/mol. The van der Waals surface area contributed by atoms with Crippen LogP contribution in [-0.4, -0.2) is 49.2 Å². The molecule has 3 aliphatic rings. The lowest BCUT2D eigenvalue weighted by Gasteiger charge is -2.40. The Balaban J connectivity index is 0.00000256. The van der Waals surface area contributed by atoms with E-state index in [4.69, 9.17) is 9.73 Å². The van der Waals surface area contributed by atoms with E-state index in [-0.39, 0.29) is 35.6 Å². The molecule has 2 unspecified atom stereocenters. The standard InChI is InChI=1S/C24H38N4O.HI/c1-3-14-28-15-11-19(18-28)17-26-23(25-4-2)27-21-16-24(12-7-8-13-24)29-22-10-6-5-9-20(21)22;/h5-6,9-10,19,21H,3-4,7-8,11-18H2,1-2H3,(H2,25,26,27);1H. The second-order valence-corrected chi connectivity index (χ2v) is 9.11. The highest BCUT2D eigenvalue weighted by Crippen LogP contribution is 2.46. The molecule has 1 saturated heterocycles. The number of ether oxygens (including phenoxy) is 1. The zero-order valence-electron chi connectivity index (χ0n) is 18.7. The van der Waals surface area contributed by atoms with E-state index < -0.39 is 0 Å². The van der Waals surface area contributed by atoms with Gasteiger partial charge in [-0.15, -0.1) is 24.0 Å². The molecule has 4 rings (SSSR count). The second kappa shape index (κ2) is 11.0. The monoisotopic (exact) mass is 526 g/mol. The van der Waals surface area contributed by atoms with E-state index in [0.29, 0.717) is 5.92 Å². The van der Waals surface area contributed by atoms with Crippen molar-refractivity contribution in [2.45, 2.75) is 70.4 Å². The fourth-order valence-corrected chi connectivity index (χ4v) is 5.36. The van der Waals surface area contributed by atoms with E-state index in [2.05, 4.69) is 53.6 Å². The molecular weight excluding hydrogens is 487 g/mol. The van der Waals surface area contributed by atoms with Crippen LogP contribution in [-0.2, 0) is 0 Å². The Kier molecular flexibility index (Phi) is 8.69. The molecule has 1 aliphatic carbocycles. The Morgan fingerprint density at radius 3 is 2.80 bits per heavy atom. The summed E-state index contributed by atoms with van der Waals surface area (Å²) in [5.41, 5.74) is 1.28. The lowest BCUT2D eigenvalue weighted by atomic mass is 9.86. The minimum atomic E-state index is 0. The van der Waals surface area contributed by atoms with Crippen LogP contribution in [0.1, 0.15) is 70.4 Å². The Morgan fingerprint density at radius 2 is 2.03 bits per heavy atom. The number of nitrogens with one attached hydrogen (secondary N) is 2. The van der Waals surface area contributed by atoms with Crippen LogP contribution in [0.25, 0.3) is 0 Å². The first-order valence-electron chi connectivity index (χ1n) is 11.8. The first kappa shape index (κ1) is 23.6. The number of halogens is 1. The number of guanidine groups is 1. The first-order valence-corrected chi connectivity index (χ1v) is 11.8. The molecule has 168 valence electrons. The molecule has 1 saturated carbocycles.